The molecule has 0 heterocycles. The lowest BCUT2D eigenvalue weighted by molar-refractivity contribution is -0.150. The predicted octanol–water partition coefficient (Wildman–Crippen LogP) is 2.45. The highest BCUT2D eigenvalue weighted by Gasteiger charge is 2.18. The molecule has 0 saturated heterocycles. The number of benzene rings is 1. The fourth-order valence-electron chi connectivity index (χ4n) is 1.56. The average molecular weight is 252 g/mol. The monoisotopic (exact) mass is 252 g/mol. The van der Waals surface area contributed by atoms with E-state index < -0.39 is 12.1 Å². The highest BCUT2D eigenvalue weighted by atomic mass is 16.5. The first kappa shape index (κ1) is 14.5. The van der Waals surface area contributed by atoms with Gasteiger partial charge in [0.05, 0.1) is 0 Å². The molecule has 0 amide bonds. The molecule has 4 nitrogen and oxygen atoms in total. The molecule has 100 valence electrons. The Kier molecular flexibility index (Phi) is 5.65. The number of rotatable bonds is 7. The quantitative estimate of drug-likeness (QED) is 0.782. The number of carboxylic acid groups (broad SMARTS) is 1. The van der Waals surface area contributed by atoms with Gasteiger partial charge in [-0.25, -0.2) is 4.79 Å². The van der Waals surface area contributed by atoms with Gasteiger partial charge in [-0.2, -0.15) is 0 Å². The standard InChI is InChI=1S/C14H20O4/c1-10(2)6-7-18-13(14(16)17)9-11-4-3-5-12(15)8-11/h3-5,8,10,13,15H,6-7,9H2,1-2H3,(H,16,17)/t13-/m1/s1. The molecule has 1 rings (SSSR count). The van der Waals surface area contributed by atoms with Crippen LogP contribution in [0, 0.1) is 5.92 Å². The number of ether oxygens (including phenoxy) is 1. The van der Waals surface area contributed by atoms with Gasteiger partial charge >= 0.3 is 5.97 Å². The number of hydrogen-bond donors (Lipinski definition) is 2. The van der Waals surface area contributed by atoms with Crippen molar-refractivity contribution in [1.29, 1.82) is 0 Å². The van der Waals surface area contributed by atoms with Gasteiger partial charge in [0.1, 0.15) is 5.75 Å². The first-order chi connectivity index (χ1) is 8.49. The Labute approximate surface area is 107 Å². The molecule has 0 bridgehead atoms. The lowest BCUT2D eigenvalue weighted by Gasteiger charge is -2.14. The van der Waals surface area contributed by atoms with Crippen LogP contribution >= 0.6 is 0 Å². The molecule has 0 saturated carbocycles. The topological polar surface area (TPSA) is 66.8 Å². The van der Waals surface area contributed by atoms with Crippen molar-refractivity contribution < 1.29 is 19.7 Å². The van der Waals surface area contributed by atoms with Gasteiger partial charge in [0.25, 0.3) is 0 Å². The van der Waals surface area contributed by atoms with Crippen molar-refractivity contribution in [3.63, 3.8) is 0 Å². The number of carboxylic acids is 1. The number of hydrogen-bond acceptors (Lipinski definition) is 3. The molecular formula is C14H20O4. The van der Waals surface area contributed by atoms with E-state index in [1.54, 1.807) is 24.3 Å². The molecule has 0 spiro atoms. The van der Waals surface area contributed by atoms with Crippen LogP contribution in [0.25, 0.3) is 0 Å². The largest absolute Gasteiger partial charge is 0.508 e. The SMILES string of the molecule is CC(C)CCO[C@H](Cc1cccc(O)c1)C(=O)O. The van der Waals surface area contributed by atoms with Crippen LogP contribution in [-0.4, -0.2) is 28.9 Å². The van der Waals surface area contributed by atoms with Crippen molar-refractivity contribution in [2.75, 3.05) is 6.61 Å². The van der Waals surface area contributed by atoms with Crippen molar-refractivity contribution in [2.45, 2.75) is 32.8 Å². The predicted molar refractivity (Wildman–Crippen MR) is 68.6 cm³/mol. The zero-order chi connectivity index (χ0) is 13.5. The van der Waals surface area contributed by atoms with Crippen LogP contribution in [0.3, 0.4) is 0 Å². The summed E-state index contributed by atoms with van der Waals surface area (Å²) in [6.45, 7) is 4.57. The van der Waals surface area contributed by atoms with E-state index in [-0.39, 0.29) is 12.2 Å². The summed E-state index contributed by atoms with van der Waals surface area (Å²) in [7, 11) is 0. The van der Waals surface area contributed by atoms with Crippen LogP contribution in [0.5, 0.6) is 5.75 Å². The average Bonchev–Trinajstić information content (AvgIpc) is 2.27. The van der Waals surface area contributed by atoms with Crippen LogP contribution in [0.1, 0.15) is 25.8 Å². The molecule has 0 radical (unpaired) electrons. The maximum absolute atomic E-state index is 11.1. The third-order valence-electron chi connectivity index (χ3n) is 2.62. The van der Waals surface area contributed by atoms with Gasteiger partial charge in [-0.05, 0) is 30.0 Å². The summed E-state index contributed by atoms with van der Waals surface area (Å²) in [5.41, 5.74) is 0.756. The fourth-order valence-corrected chi connectivity index (χ4v) is 1.56. The Morgan fingerprint density at radius 3 is 2.67 bits per heavy atom. The molecule has 0 aliphatic rings. The van der Waals surface area contributed by atoms with E-state index in [0.717, 1.165) is 12.0 Å². The van der Waals surface area contributed by atoms with E-state index in [1.807, 2.05) is 0 Å². The van der Waals surface area contributed by atoms with Gasteiger partial charge in [0.2, 0.25) is 0 Å². The Morgan fingerprint density at radius 2 is 2.11 bits per heavy atom. The van der Waals surface area contributed by atoms with Crippen LogP contribution in [0.2, 0.25) is 0 Å². The second kappa shape index (κ2) is 7.01. The van der Waals surface area contributed by atoms with Crippen LogP contribution in [0.4, 0.5) is 0 Å². The Hall–Kier alpha value is -1.55. The fraction of sp³-hybridized carbons (Fsp3) is 0.500. The van der Waals surface area contributed by atoms with E-state index in [4.69, 9.17) is 9.84 Å². The molecule has 1 aromatic carbocycles. The van der Waals surface area contributed by atoms with Crippen LogP contribution < -0.4 is 0 Å². The van der Waals surface area contributed by atoms with Gasteiger partial charge in [0, 0.05) is 13.0 Å². The van der Waals surface area contributed by atoms with Gasteiger partial charge in [-0.1, -0.05) is 26.0 Å². The Bertz CT molecular complexity index is 387. The lowest BCUT2D eigenvalue weighted by atomic mass is 10.1. The molecule has 0 aliphatic carbocycles. The summed E-state index contributed by atoms with van der Waals surface area (Å²) in [6, 6.07) is 6.58. The van der Waals surface area contributed by atoms with Gasteiger partial charge in [0.15, 0.2) is 6.10 Å². The van der Waals surface area contributed by atoms with Crippen molar-refractivity contribution in [3.8, 4) is 5.75 Å². The first-order valence-electron chi connectivity index (χ1n) is 6.11. The highest BCUT2D eigenvalue weighted by molar-refractivity contribution is 5.72. The second-order valence-corrected chi connectivity index (χ2v) is 4.75. The maximum atomic E-state index is 11.1. The van der Waals surface area contributed by atoms with Crippen LogP contribution in [-0.2, 0) is 16.0 Å². The number of carbonyl (C=O) groups is 1. The summed E-state index contributed by atoms with van der Waals surface area (Å²) in [4.78, 5) is 11.1. The van der Waals surface area contributed by atoms with E-state index in [2.05, 4.69) is 13.8 Å². The molecule has 18 heavy (non-hydrogen) atoms. The summed E-state index contributed by atoms with van der Waals surface area (Å²) in [6.07, 6.45) is 0.247. The molecule has 0 aliphatic heterocycles. The maximum Gasteiger partial charge on any atom is 0.333 e. The van der Waals surface area contributed by atoms with Gasteiger partial charge in [-0.15, -0.1) is 0 Å². The summed E-state index contributed by atoms with van der Waals surface area (Å²) in [5, 5.41) is 18.4. The summed E-state index contributed by atoms with van der Waals surface area (Å²) in [5.74, 6) is -0.346. The minimum atomic E-state index is -0.970. The summed E-state index contributed by atoms with van der Waals surface area (Å²) < 4.78 is 5.38. The van der Waals surface area contributed by atoms with Crippen LogP contribution in [0.15, 0.2) is 24.3 Å². The van der Waals surface area contributed by atoms with E-state index in [0.29, 0.717) is 12.5 Å². The number of aliphatic carboxylic acids is 1. The van der Waals surface area contributed by atoms with Crippen molar-refractivity contribution in [3.05, 3.63) is 29.8 Å². The molecule has 2 N–H and O–H groups in total. The smallest absolute Gasteiger partial charge is 0.333 e. The van der Waals surface area contributed by atoms with Crippen molar-refractivity contribution >= 4 is 5.97 Å². The van der Waals surface area contributed by atoms with Gasteiger partial charge in [-0.3, -0.25) is 0 Å². The molecule has 1 atom stereocenters. The minimum Gasteiger partial charge on any atom is -0.508 e. The van der Waals surface area contributed by atoms with E-state index in [1.165, 1.54) is 0 Å². The van der Waals surface area contributed by atoms with Crippen molar-refractivity contribution in [1.82, 2.24) is 0 Å². The van der Waals surface area contributed by atoms with Crippen molar-refractivity contribution in [2.24, 2.45) is 5.92 Å². The molecule has 4 heteroatoms. The van der Waals surface area contributed by atoms with E-state index in [9.17, 15) is 9.90 Å². The van der Waals surface area contributed by atoms with Gasteiger partial charge < -0.3 is 14.9 Å². The molecule has 0 aromatic heterocycles. The molecule has 0 unspecified atom stereocenters. The third kappa shape index (κ3) is 5.19. The minimum absolute atomic E-state index is 0.138. The molecule has 1 aromatic rings. The number of phenolic OH excluding ortho intramolecular Hbond substituents is 1. The third-order valence-corrected chi connectivity index (χ3v) is 2.62. The highest BCUT2D eigenvalue weighted by Crippen LogP contribution is 2.14. The Morgan fingerprint density at radius 1 is 1.39 bits per heavy atom. The first-order valence-corrected chi connectivity index (χ1v) is 6.11. The normalized spacial score (nSPS) is 12.6. The molecule has 0 fully saturated rings. The molecular weight excluding hydrogens is 232 g/mol. The number of aromatic hydroxyl groups is 1. The second-order valence-electron chi connectivity index (χ2n) is 4.75. The Balaban J connectivity index is 2.55. The zero-order valence-electron chi connectivity index (χ0n) is 10.8. The lowest BCUT2D eigenvalue weighted by Crippen LogP contribution is -2.27. The summed E-state index contributed by atoms with van der Waals surface area (Å²) >= 11 is 0. The number of phenols is 1. The van der Waals surface area contributed by atoms with E-state index >= 15 is 0 Å². The zero-order valence-corrected chi connectivity index (χ0v) is 10.8.